The minimum absolute atomic E-state index is 0.576. The van der Waals surface area contributed by atoms with Crippen molar-refractivity contribution in [1.29, 1.82) is 0 Å². The third-order valence-electron chi connectivity index (χ3n) is 3.43. The molecule has 2 heterocycles. The third kappa shape index (κ3) is 2.20. The molecule has 1 aliphatic carbocycles. The van der Waals surface area contributed by atoms with Crippen LogP contribution in [0.4, 0.5) is 0 Å². The van der Waals surface area contributed by atoms with Gasteiger partial charge in [0.15, 0.2) is 5.82 Å². The Morgan fingerprint density at radius 3 is 2.59 bits per heavy atom. The molecule has 0 unspecified atom stereocenters. The van der Waals surface area contributed by atoms with Crippen molar-refractivity contribution in [2.24, 2.45) is 0 Å². The molecule has 0 spiro atoms. The van der Waals surface area contributed by atoms with Crippen LogP contribution in [0.3, 0.4) is 0 Å². The Labute approximate surface area is 101 Å². The Morgan fingerprint density at radius 1 is 1.06 bits per heavy atom. The van der Waals surface area contributed by atoms with Gasteiger partial charge in [0, 0.05) is 23.9 Å². The van der Waals surface area contributed by atoms with Gasteiger partial charge >= 0.3 is 0 Å². The molecule has 4 nitrogen and oxygen atoms in total. The predicted octanol–water partition coefficient (Wildman–Crippen LogP) is 2.91. The van der Waals surface area contributed by atoms with Crippen LogP contribution in [0, 0.1) is 0 Å². The molecule has 2 aromatic rings. The second kappa shape index (κ2) is 4.65. The van der Waals surface area contributed by atoms with Crippen LogP contribution < -0.4 is 0 Å². The first-order chi connectivity index (χ1) is 8.43. The van der Waals surface area contributed by atoms with Crippen LogP contribution in [-0.2, 0) is 0 Å². The van der Waals surface area contributed by atoms with E-state index in [0.29, 0.717) is 5.92 Å². The first-order valence-electron chi connectivity index (χ1n) is 6.26. The van der Waals surface area contributed by atoms with E-state index >= 15 is 0 Å². The van der Waals surface area contributed by atoms with E-state index < -0.39 is 0 Å². The van der Waals surface area contributed by atoms with Gasteiger partial charge < -0.3 is 0 Å². The molecule has 1 aliphatic rings. The lowest BCUT2D eigenvalue weighted by molar-refractivity contribution is 0.429. The molecule has 1 saturated carbocycles. The molecule has 3 rings (SSSR count). The molecule has 0 aliphatic heterocycles. The molecule has 4 heteroatoms. The SMILES string of the molecule is c1cc(-c2n[nH]c(C3CCCCC3)n2)ccn1. The van der Waals surface area contributed by atoms with Gasteiger partial charge in [0.2, 0.25) is 0 Å². The van der Waals surface area contributed by atoms with Crippen LogP contribution in [0.25, 0.3) is 11.4 Å². The Hall–Kier alpha value is -1.71. The van der Waals surface area contributed by atoms with Crippen LogP contribution in [0.1, 0.15) is 43.8 Å². The largest absolute Gasteiger partial charge is 0.265 e. The fourth-order valence-electron chi connectivity index (χ4n) is 2.46. The van der Waals surface area contributed by atoms with E-state index in [-0.39, 0.29) is 0 Å². The highest BCUT2D eigenvalue weighted by atomic mass is 15.2. The number of hydrogen-bond donors (Lipinski definition) is 1. The van der Waals surface area contributed by atoms with E-state index in [1.54, 1.807) is 12.4 Å². The fourth-order valence-corrected chi connectivity index (χ4v) is 2.46. The molecule has 0 saturated heterocycles. The van der Waals surface area contributed by atoms with Crippen molar-refractivity contribution in [3.05, 3.63) is 30.4 Å². The molecule has 0 radical (unpaired) electrons. The van der Waals surface area contributed by atoms with Crippen molar-refractivity contribution < 1.29 is 0 Å². The number of aromatic amines is 1. The van der Waals surface area contributed by atoms with E-state index in [1.807, 2.05) is 12.1 Å². The number of nitrogens with one attached hydrogen (secondary N) is 1. The van der Waals surface area contributed by atoms with Gasteiger partial charge in [-0.05, 0) is 25.0 Å². The van der Waals surface area contributed by atoms with E-state index in [4.69, 9.17) is 0 Å². The van der Waals surface area contributed by atoms with Crippen molar-refractivity contribution >= 4 is 0 Å². The molecule has 0 amide bonds. The summed E-state index contributed by atoms with van der Waals surface area (Å²) in [5, 5.41) is 7.39. The molecule has 1 N–H and O–H groups in total. The maximum absolute atomic E-state index is 4.61. The molecule has 88 valence electrons. The highest BCUT2D eigenvalue weighted by molar-refractivity contribution is 5.53. The van der Waals surface area contributed by atoms with Crippen molar-refractivity contribution in [1.82, 2.24) is 20.2 Å². The number of H-pyrrole nitrogens is 1. The molecule has 2 aromatic heterocycles. The molecule has 0 aromatic carbocycles. The molecule has 0 atom stereocenters. The number of nitrogens with zero attached hydrogens (tertiary/aromatic N) is 3. The summed E-state index contributed by atoms with van der Waals surface area (Å²) < 4.78 is 0. The third-order valence-corrected chi connectivity index (χ3v) is 3.43. The zero-order valence-corrected chi connectivity index (χ0v) is 9.76. The average Bonchev–Trinajstić information content (AvgIpc) is 2.90. The van der Waals surface area contributed by atoms with E-state index in [9.17, 15) is 0 Å². The summed E-state index contributed by atoms with van der Waals surface area (Å²) in [6.45, 7) is 0. The summed E-state index contributed by atoms with van der Waals surface area (Å²) >= 11 is 0. The number of rotatable bonds is 2. The monoisotopic (exact) mass is 228 g/mol. The van der Waals surface area contributed by atoms with Crippen LogP contribution in [0.15, 0.2) is 24.5 Å². The maximum Gasteiger partial charge on any atom is 0.181 e. The minimum atomic E-state index is 0.576. The predicted molar refractivity (Wildman–Crippen MR) is 65.4 cm³/mol. The van der Waals surface area contributed by atoms with Crippen LogP contribution in [0.2, 0.25) is 0 Å². The van der Waals surface area contributed by atoms with Gasteiger partial charge in [-0.1, -0.05) is 19.3 Å². The van der Waals surface area contributed by atoms with Crippen LogP contribution >= 0.6 is 0 Å². The zero-order valence-electron chi connectivity index (χ0n) is 9.76. The molecular weight excluding hydrogens is 212 g/mol. The van der Waals surface area contributed by atoms with E-state index in [2.05, 4.69) is 20.2 Å². The summed E-state index contributed by atoms with van der Waals surface area (Å²) in [6.07, 6.45) is 10.0. The molecule has 1 fully saturated rings. The van der Waals surface area contributed by atoms with Gasteiger partial charge in [-0.3, -0.25) is 10.1 Å². The smallest absolute Gasteiger partial charge is 0.181 e. The Kier molecular flexibility index (Phi) is 2.86. The number of hydrogen-bond acceptors (Lipinski definition) is 3. The highest BCUT2D eigenvalue weighted by Crippen LogP contribution is 2.31. The maximum atomic E-state index is 4.61. The normalized spacial score (nSPS) is 17.2. The van der Waals surface area contributed by atoms with Crippen molar-refractivity contribution in [2.75, 3.05) is 0 Å². The topological polar surface area (TPSA) is 54.5 Å². The summed E-state index contributed by atoms with van der Waals surface area (Å²) in [5.74, 6) is 2.41. The lowest BCUT2D eigenvalue weighted by atomic mass is 9.89. The molecule has 0 bridgehead atoms. The molecular formula is C13H16N4. The fraction of sp³-hybridized carbons (Fsp3) is 0.462. The quantitative estimate of drug-likeness (QED) is 0.859. The molecule has 17 heavy (non-hydrogen) atoms. The van der Waals surface area contributed by atoms with Crippen molar-refractivity contribution in [3.8, 4) is 11.4 Å². The van der Waals surface area contributed by atoms with Crippen molar-refractivity contribution in [2.45, 2.75) is 38.0 Å². The highest BCUT2D eigenvalue weighted by Gasteiger charge is 2.19. The van der Waals surface area contributed by atoms with Gasteiger partial charge in [0.25, 0.3) is 0 Å². The van der Waals surface area contributed by atoms with Gasteiger partial charge in [0.05, 0.1) is 0 Å². The Bertz CT molecular complexity index is 471. The minimum Gasteiger partial charge on any atom is -0.265 e. The van der Waals surface area contributed by atoms with Gasteiger partial charge in [-0.15, -0.1) is 0 Å². The van der Waals surface area contributed by atoms with E-state index in [0.717, 1.165) is 17.2 Å². The summed E-state index contributed by atoms with van der Waals surface area (Å²) in [7, 11) is 0. The van der Waals surface area contributed by atoms with Crippen LogP contribution in [0.5, 0.6) is 0 Å². The first-order valence-corrected chi connectivity index (χ1v) is 6.26. The van der Waals surface area contributed by atoms with Crippen LogP contribution in [-0.4, -0.2) is 20.2 Å². The summed E-state index contributed by atoms with van der Waals surface area (Å²) in [4.78, 5) is 8.61. The second-order valence-corrected chi connectivity index (χ2v) is 4.62. The average molecular weight is 228 g/mol. The Morgan fingerprint density at radius 2 is 1.82 bits per heavy atom. The first kappa shape index (κ1) is 10.4. The number of aromatic nitrogens is 4. The lowest BCUT2D eigenvalue weighted by Crippen LogP contribution is -2.06. The number of pyridine rings is 1. The van der Waals surface area contributed by atoms with Gasteiger partial charge in [-0.2, -0.15) is 5.10 Å². The summed E-state index contributed by atoms with van der Waals surface area (Å²) in [6, 6.07) is 3.88. The zero-order chi connectivity index (χ0) is 11.5. The van der Waals surface area contributed by atoms with Crippen molar-refractivity contribution in [3.63, 3.8) is 0 Å². The second-order valence-electron chi connectivity index (χ2n) is 4.62. The standard InChI is InChI=1S/C13H16N4/c1-2-4-10(5-3-1)12-15-13(17-16-12)11-6-8-14-9-7-11/h6-10H,1-5H2,(H,15,16,17). The lowest BCUT2D eigenvalue weighted by Gasteiger charge is -2.18. The van der Waals surface area contributed by atoms with Gasteiger partial charge in [0.1, 0.15) is 5.82 Å². The Balaban J connectivity index is 1.83. The summed E-state index contributed by atoms with van der Waals surface area (Å²) in [5.41, 5.74) is 1.03. The van der Waals surface area contributed by atoms with Gasteiger partial charge in [-0.25, -0.2) is 4.98 Å². The van der Waals surface area contributed by atoms with E-state index in [1.165, 1.54) is 32.1 Å².